The van der Waals surface area contributed by atoms with Crippen LogP contribution in [-0.4, -0.2) is 63.8 Å². The summed E-state index contributed by atoms with van der Waals surface area (Å²) >= 11 is 0. The molecule has 9 nitrogen and oxygen atoms in total. The molecule has 242 valence electrons. The maximum Gasteiger partial charge on any atom is 0.310 e. The molecule has 0 aliphatic carbocycles. The van der Waals surface area contributed by atoms with Gasteiger partial charge in [0.1, 0.15) is 5.75 Å². The van der Waals surface area contributed by atoms with Crippen LogP contribution in [0.3, 0.4) is 0 Å². The smallest absolute Gasteiger partial charge is 0.310 e. The number of anilines is 1. The van der Waals surface area contributed by atoms with Crippen molar-refractivity contribution in [3.63, 3.8) is 0 Å². The van der Waals surface area contributed by atoms with Crippen molar-refractivity contribution in [2.24, 2.45) is 0 Å². The molecule has 1 saturated heterocycles. The molecular weight excluding hydrogens is 580 g/mol. The quantitative estimate of drug-likeness (QED) is 0.166. The summed E-state index contributed by atoms with van der Waals surface area (Å²) in [6.07, 6.45) is 5.58. The number of benzene rings is 2. The highest BCUT2D eigenvalue weighted by Gasteiger charge is 2.33. The normalized spacial score (nSPS) is 14.3. The van der Waals surface area contributed by atoms with E-state index in [0.717, 1.165) is 65.1 Å². The number of aliphatic hydroxyl groups is 1. The van der Waals surface area contributed by atoms with E-state index in [1.54, 1.807) is 39.0 Å². The van der Waals surface area contributed by atoms with Crippen molar-refractivity contribution in [3.05, 3.63) is 84.1 Å². The molecule has 1 fully saturated rings. The van der Waals surface area contributed by atoms with E-state index in [-0.39, 0.29) is 23.7 Å². The molecule has 9 heteroatoms. The van der Waals surface area contributed by atoms with Gasteiger partial charge >= 0.3 is 5.97 Å². The molecule has 4 aromatic rings. The van der Waals surface area contributed by atoms with Gasteiger partial charge in [0.05, 0.1) is 59.9 Å². The Balaban J connectivity index is 0.000000892. The number of methoxy groups -OCH3 is 1. The van der Waals surface area contributed by atoms with Crippen LogP contribution in [0.2, 0.25) is 0 Å². The molecule has 3 heterocycles. The van der Waals surface area contributed by atoms with Gasteiger partial charge in [-0.1, -0.05) is 24.3 Å². The summed E-state index contributed by atoms with van der Waals surface area (Å²) in [5, 5.41) is 33.3. The molecule has 2 aromatic heterocycles. The summed E-state index contributed by atoms with van der Waals surface area (Å²) in [5.74, 6) is -0.183. The predicted molar refractivity (Wildman–Crippen MR) is 181 cm³/mol. The van der Waals surface area contributed by atoms with Crippen molar-refractivity contribution < 1.29 is 24.5 Å². The molecule has 0 spiro atoms. The second kappa shape index (κ2) is 14.2. The summed E-state index contributed by atoms with van der Waals surface area (Å²) in [4.78, 5) is 14.8. The number of aromatic hydroxyl groups is 1. The third kappa shape index (κ3) is 8.33. The Bertz CT molecular complexity index is 1750. The average molecular weight is 625 g/mol. The van der Waals surface area contributed by atoms with Gasteiger partial charge in [0, 0.05) is 30.4 Å². The molecule has 1 aliphatic rings. The number of rotatable bonds is 8. The summed E-state index contributed by atoms with van der Waals surface area (Å²) < 4.78 is 13.0. The van der Waals surface area contributed by atoms with E-state index in [2.05, 4.69) is 24.5 Å². The van der Waals surface area contributed by atoms with Gasteiger partial charge in [-0.3, -0.25) is 4.79 Å². The number of phenolic OH excluding ortho intramolecular Hbond substituents is 1. The van der Waals surface area contributed by atoms with Gasteiger partial charge in [0.15, 0.2) is 0 Å². The Labute approximate surface area is 271 Å². The van der Waals surface area contributed by atoms with Gasteiger partial charge in [-0.2, -0.15) is 10.4 Å². The number of pyridine rings is 1. The van der Waals surface area contributed by atoms with Crippen LogP contribution in [0.15, 0.2) is 67.4 Å². The number of ether oxygens (including phenoxy) is 2. The number of carbonyl (C=O) groups excluding carboxylic acids is 1. The predicted octanol–water partition coefficient (Wildman–Crippen LogP) is 6.61. The van der Waals surface area contributed by atoms with E-state index in [1.165, 1.54) is 13.2 Å². The number of aryl methyl sites for hydroxylation is 1. The lowest BCUT2D eigenvalue weighted by molar-refractivity contribution is -0.139. The van der Waals surface area contributed by atoms with Crippen molar-refractivity contribution in [1.29, 1.82) is 5.26 Å². The Kier molecular flexibility index (Phi) is 10.6. The van der Waals surface area contributed by atoms with Crippen LogP contribution in [0.4, 0.5) is 5.69 Å². The topological polar surface area (TPSA) is 120 Å². The fraction of sp³-hybridized carbons (Fsp3) is 0.378. The summed E-state index contributed by atoms with van der Waals surface area (Å²) in [7, 11) is 1.41. The molecule has 5 rings (SSSR count). The second-order valence-corrected chi connectivity index (χ2v) is 12.9. The van der Waals surface area contributed by atoms with Crippen LogP contribution < -0.4 is 4.90 Å². The third-order valence-corrected chi connectivity index (χ3v) is 7.89. The highest BCUT2D eigenvalue weighted by Crippen LogP contribution is 2.38. The van der Waals surface area contributed by atoms with Gasteiger partial charge in [0.2, 0.25) is 0 Å². The SMILES string of the molecule is C=CCOC1(C)CCN(c2c(CC(=O)OC)c(C)cn3nc(-c4cccc(-c5cc(C#N)ccc5O)c4)cc23)CC1.CC(C)(C)O. The number of esters is 1. The molecule has 2 aromatic carbocycles. The number of nitriles is 1. The summed E-state index contributed by atoms with van der Waals surface area (Å²) in [6, 6.07) is 16.7. The zero-order valence-electron chi connectivity index (χ0n) is 27.6. The second-order valence-electron chi connectivity index (χ2n) is 12.9. The lowest BCUT2D eigenvalue weighted by atomic mass is 9.92. The zero-order chi connectivity index (χ0) is 33.6. The van der Waals surface area contributed by atoms with Crippen LogP contribution >= 0.6 is 0 Å². The molecule has 46 heavy (non-hydrogen) atoms. The van der Waals surface area contributed by atoms with E-state index >= 15 is 0 Å². The van der Waals surface area contributed by atoms with Crippen molar-refractivity contribution in [3.8, 4) is 34.2 Å². The van der Waals surface area contributed by atoms with E-state index < -0.39 is 5.60 Å². The minimum absolute atomic E-state index is 0.107. The first-order chi connectivity index (χ1) is 21.7. The summed E-state index contributed by atoms with van der Waals surface area (Å²) in [6.45, 7) is 15.2. The van der Waals surface area contributed by atoms with Crippen molar-refractivity contribution in [1.82, 2.24) is 9.61 Å². The van der Waals surface area contributed by atoms with Gasteiger partial charge < -0.3 is 24.6 Å². The average Bonchev–Trinajstić information content (AvgIpc) is 3.44. The minimum Gasteiger partial charge on any atom is -0.507 e. The molecule has 0 saturated carbocycles. The zero-order valence-corrected chi connectivity index (χ0v) is 27.6. The van der Waals surface area contributed by atoms with Crippen molar-refractivity contribution >= 4 is 17.2 Å². The first kappa shape index (κ1) is 34.2. The fourth-order valence-electron chi connectivity index (χ4n) is 5.50. The van der Waals surface area contributed by atoms with Gasteiger partial charge in [-0.05, 0) is 94.5 Å². The lowest BCUT2D eigenvalue weighted by Gasteiger charge is -2.41. The first-order valence-electron chi connectivity index (χ1n) is 15.4. The molecule has 0 unspecified atom stereocenters. The molecule has 0 radical (unpaired) electrons. The highest BCUT2D eigenvalue weighted by atomic mass is 16.5. The number of aromatic nitrogens is 2. The Morgan fingerprint density at radius 2 is 1.83 bits per heavy atom. The van der Waals surface area contributed by atoms with E-state index in [0.29, 0.717) is 17.7 Å². The Hall–Kier alpha value is -4.65. The molecule has 2 N–H and O–H groups in total. The lowest BCUT2D eigenvalue weighted by Crippen LogP contribution is -2.45. The molecule has 0 amide bonds. The highest BCUT2D eigenvalue weighted by molar-refractivity contribution is 5.86. The standard InChI is InChI=1S/C33H34N4O4.C4H10O/c1-5-15-41-33(3)11-13-36(14-12-33)32-26(18-31(39)40-4)22(2)21-37-29(32)19-28(35-37)25-8-6-7-24(17-25)27-16-23(20-34)9-10-30(27)38;1-4(2,3)5/h5-10,16-17,19,21,38H,1,11-15,18H2,2-4H3;5H,1-3H3. The Morgan fingerprint density at radius 1 is 1.15 bits per heavy atom. The van der Waals surface area contributed by atoms with Gasteiger partial charge in [-0.15, -0.1) is 6.58 Å². The number of hydrogen-bond donors (Lipinski definition) is 2. The maximum atomic E-state index is 12.5. The number of fused-ring (bicyclic) bond motifs is 1. The van der Waals surface area contributed by atoms with Crippen molar-refractivity contribution in [2.45, 2.75) is 65.1 Å². The largest absolute Gasteiger partial charge is 0.507 e. The first-order valence-corrected chi connectivity index (χ1v) is 15.4. The van der Waals surface area contributed by atoms with Crippen LogP contribution in [0, 0.1) is 18.3 Å². The van der Waals surface area contributed by atoms with E-state index in [9.17, 15) is 15.2 Å². The van der Waals surface area contributed by atoms with Crippen LogP contribution in [0.5, 0.6) is 5.75 Å². The van der Waals surface area contributed by atoms with Crippen molar-refractivity contribution in [2.75, 3.05) is 31.7 Å². The Morgan fingerprint density at radius 3 is 2.46 bits per heavy atom. The van der Waals surface area contributed by atoms with Crippen LogP contribution in [0.1, 0.15) is 57.2 Å². The fourth-order valence-corrected chi connectivity index (χ4v) is 5.50. The molecular formula is C37H44N4O5. The monoisotopic (exact) mass is 624 g/mol. The number of piperidine rings is 1. The van der Waals surface area contributed by atoms with Gasteiger partial charge in [-0.25, -0.2) is 4.52 Å². The maximum absolute atomic E-state index is 12.5. The van der Waals surface area contributed by atoms with Crippen LogP contribution in [-0.2, 0) is 20.7 Å². The third-order valence-electron chi connectivity index (χ3n) is 7.89. The number of nitrogens with zero attached hydrogens (tertiary/aromatic N) is 4. The number of hydrogen-bond acceptors (Lipinski definition) is 8. The van der Waals surface area contributed by atoms with Crippen LogP contribution in [0.25, 0.3) is 27.9 Å². The van der Waals surface area contributed by atoms with E-state index in [4.69, 9.17) is 19.7 Å². The van der Waals surface area contributed by atoms with Gasteiger partial charge in [0.25, 0.3) is 0 Å². The van der Waals surface area contributed by atoms with E-state index in [1.807, 2.05) is 48.0 Å². The number of phenols is 1. The molecule has 0 atom stereocenters. The minimum atomic E-state index is -0.500. The number of carbonyl (C=O) groups is 1. The molecule has 1 aliphatic heterocycles. The molecule has 0 bridgehead atoms. The summed E-state index contributed by atoms with van der Waals surface area (Å²) in [5.41, 5.74) is 6.51.